The van der Waals surface area contributed by atoms with Crippen molar-refractivity contribution in [2.75, 3.05) is 6.54 Å². The second-order valence-corrected chi connectivity index (χ2v) is 6.33. The minimum absolute atomic E-state index is 0.0195. The molecule has 1 unspecified atom stereocenters. The summed E-state index contributed by atoms with van der Waals surface area (Å²) in [5, 5.41) is 2.79. The molecule has 3 N–H and O–H groups in total. The molecule has 0 aromatic heterocycles. The summed E-state index contributed by atoms with van der Waals surface area (Å²) in [6, 6.07) is 8.88. The maximum Gasteiger partial charge on any atom is 0.245 e. The average Bonchev–Trinajstić information content (AvgIpc) is 2.80. The number of rotatable bonds is 6. The van der Waals surface area contributed by atoms with Gasteiger partial charge >= 0.3 is 0 Å². The van der Waals surface area contributed by atoms with Gasteiger partial charge in [0.05, 0.1) is 6.04 Å². The third-order valence-electron chi connectivity index (χ3n) is 3.89. The van der Waals surface area contributed by atoms with E-state index in [1.807, 2.05) is 44.2 Å². The molecule has 0 bridgehead atoms. The van der Waals surface area contributed by atoms with Gasteiger partial charge in [-0.3, -0.25) is 9.59 Å². The first kappa shape index (κ1) is 16.5. The predicted molar refractivity (Wildman–Crippen MR) is 85.8 cm³/mol. The van der Waals surface area contributed by atoms with Crippen molar-refractivity contribution in [2.24, 2.45) is 11.7 Å². The van der Waals surface area contributed by atoms with Crippen molar-refractivity contribution < 1.29 is 9.59 Å². The van der Waals surface area contributed by atoms with Crippen molar-refractivity contribution in [1.82, 2.24) is 10.2 Å². The van der Waals surface area contributed by atoms with Gasteiger partial charge in [0.15, 0.2) is 0 Å². The second kappa shape index (κ2) is 7.40. The van der Waals surface area contributed by atoms with Gasteiger partial charge in [-0.2, -0.15) is 0 Å². The van der Waals surface area contributed by atoms with E-state index in [0.717, 1.165) is 5.56 Å². The predicted octanol–water partition coefficient (Wildman–Crippen LogP) is 1.28. The lowest BCUT2D eigenvalue weighted by Gasteiger charge is -2.19. The van der Waals surface area contributed by atoms with Gasteiger partial charge in [-0.1, -0.05) is 44.2 Å². The summed E-state index contributed by atoms with van der Waals surface area (Å²) >= 11 is 0. The van der Waals surface area contributed by atoms with Crippen molar-refractivity contribution in [2.45, 2.75) is 45.3 Å². The zero-order chi connectivity index (χ0) is 16.1. The van der Waals surface area contributed by atoms with Crippen LogP contribution in [0, 0.1) is 5.92 Å². The van der Waals surface area contributed by atoms with Crippen LogP contribution in [0.4, 0.5) is 0 Å². The summed E-state index contributed by atoms with van der Waals surface area (Å²) in [7, 11) is 0. The van der Waals surface area contributed by atoms with E-state index in [9.17, 15) is 9.59 Å². The van der Waals surface area contributed by atoms with Crippen LogP contribution in [-0.2, 0) is 16.1 Å². The van der Waals surface area contributed by atoms with E-state index in [0.29, 0.717) is 31.8 Å². The molecule has 5 nitrogen and oxygen atoms in total. The maximum absolute atomic E-state index is 12.4. The molecule has 2 rings (SSSR count). The molecule has 1 aliphatic rings. The van der Waals surface area contributed by atoms with Crippen LogP contribution in [0.25, 0.3) is 0 Å². The standard InChI is InChI=1S/C17H25N3O2/c1-12(2)10-14(18)16(21)19-15-8-9-20(17(15)22)11-13-6-4-3-5-7-13/h3-7,12,14-15H,8-11,18H2,1-2H3,(H,19,21)/t14-,15?/m0/s1. The number of likely N-dealkylation sites (tertiary alicyclic amines) is 1. The molecule has 120 valence electrons. The molecule has 0 radical (unpaired) electrons. The number of benzene rings is 1. The smallest absolute Gasteiger partial charge is 0.245 e. The number of nitrogens with one attached hydrogen (secondary N) is 1. The first-order valence-corrected chi connectivity index (χ1v) is 7.86. The van der Waals surface area contributed by atoms with Crippen LogP contribution in [0.2, 0.25) is 0 Å². The van der Waals surface area contributed by atoms with Crippen LogP contribution in [0.5, 0.6) is 0 Å². The molecule has 1 heterocycles. The summed E-state index contributed by atoms with van der Waals surface area (Å²) in [4.78, 5) is 26.2. The van der Waals surface area contributed by atoms with Gasteiger partial charge in [0.1, 0.15) is 6.04 Å². The Balaban J connectivity index is 1.87. The lowest BCUT2D eigenvalue weighted by Crippen LogP contribution is -2.48. The van der Waals surface area contributed by atoms with E-state index in [2.05, 4.69) is 5.32 Å². The van der Waals surface area contributed by atoms with Gasteiger partial charge in [0, 0.05) is 13.1 Å². The van der Waals surface area contributed by atoms with Crippen molar-refractivity contribution in [1.29, 1.82) is 0 Å². The van der Waals surface area contributed by atoms with E-state index < -0.39 is 12.1 Å². The third kappa shape index (κ3) is 4.31. The molecule has 1 aromatic rings. The Morgan fingerprint density at radius 2 is 2.05 bits per heavy atom. The highest BCUT2D eigenvalue weighted by Gasteiger charge is 2.33. The van der Waals surface area contributed by atoms with Crippen LogP contribution >= 0.6 is 0 Å². The summed E-state index contributed by atoms with van der Waals surface area (Å²) in [6.07, 6.45) is 1.27. The number of hydrogen-bond acceptors (Lipinski definition) is 3. The molecule has 0 aliphatic carbocycles. The minimum Gasteiger partial charge on any atom is -0.343 e. The molecule has 1 aliphatic heterocycles. The van der Waals surface area contributed by atoms with E-state index in [1.54, 1.807) is 4.90 Å². The van der Waals surface area contributed by atoms with Crippen molar-refractivity contribution in [3.05, 3.63) is 35.9 Å². The summed E-state index contributed by atoms with van der Waals surface area (Å²) < 4.78 is 0. The highest BCUT2D eigenvalue weighted by atomic mass is 16.2. The Morgan fingerprint density at radius 1 is 1.36 bits per heavy atom. The Kier molecular flexibility index (Phi) is 5.55. The number of carbonyl (C=O) groups excluding carboxylic acids is 2. The lowest BCUT2D eigenvalue weighted by atomic mass is 10.0. The topological polar surface area (TPSA) is 75.4 Å². The van der Waals surface area contributed by atoms with Crippen molar-refractivity contribution in [3.63, 3.8) is 0 Å². The second-order valence-electron chi connectivity index (χ2n) is 6.33. The van der Waals surface area contributed by atoms with Gasteiger partial charge in [-0.25, -0.2) is 0 Å². The molecular weight excluding hydrogens is 278 g/mol. The number of carbonyl (C=O) groups is 2. The Morgan fingerprint density at radius 3 is 2.68 bits per heavy atom. The van der Waals surface area contributed by atoms with Gasteiger partial charge in [-0.05, 0) is 24.3 Å². The first-order valence-electron chi connectivity index (χ1n) is 7.86. The summed E-state index contributed by atoms with van der Waals surface area (Å²) in [5.74, 6) is 0.108. The van der Waals surface area contributed by atoms with E-state index in [4.69, 9.17) is 5.73 Å². The molecule has 1 fully saturated rings. The highest BCUT2D eigenvalue weighted by molar-refractivity contribution is 5.90. The molecule has 22 heavy (non-hydrogen) atoms. The maximum atomic E-state index is 12.4. The number of nitrogens with zero attached hydrogens (tertiary/aromatic N) is 1. The van der Waals surface area contributed by atoms with Gasteiger partial charge in [0.2, 0.25) is 11.8 Å². The van der Waals surface area contributed by atoms with E-state index >= 15 is 0 Å². The molecule has 2 atom stereocenters. The zero-order valence-corrected chi connectivity index (χ0v) is 13.3. The fourth-order valence-electron chi connectivity index (χ4n) is 2.73. The van der Waals surface area contributed by atoms with Gasteiger partial charge < -0.3 is 16.0 Å². The van der Waals surface area contributed by atoms with Crippen LogP contribution in [0.3, 0.4) is 0 Å². The minimum atomic E-state index is -0.545. The average molecular weight is 303 g/mol. The van der Waals surface area contributed by atoms with Crippen LogP contribution < -0.4 is 11.1 Å². The lowest BCUT2D eigenvalue weighted by molar-refractivity contribution is -0.133. The Bertz CT molecular complexity index is 516. The SMILES string of the molecule is CC(C)C[C@H](N)C(=O)NC1CCN(Cc2ccccc2)C1=O. The molecule has 0 saturated carbocycles. The van der Waals surface area contributed by atoms with Crippen LogP contribution in [-0.4, -0.2) is 35.3 Å². The van der Waals surface area contributed by atoms with Gasteiger partial charge in [-0.15, -0.1) is 0 Å². The molecule has 1 saturated heterocycles. The third-order valence-corrected chi connectivity index (χ3v) is 3.89. The van der Waals surface area contributed by atoms with E-state index in [-0.39, 0.29) is 11.8 Å². The summed E-state index contributed by atoms with van der Waals surface area (Å²) in [6.45, 7) is 5.30. The molecule has 0 spiro atoms. The number of hydrogen-bond donors (Lipinski definition) is 2. The molecular formula is C17H25N3O2. The van der Waals surface area contributed by atoms with Crippen LogP contribution in [0.15, 0.2) is 30.3 Å². The monoisotopic (exact) mass is 303 g/mol. The Hall–Kier alpha value is -1.88. The normalized spacial score (nSPS) is 19.5. The largest absolute Gasteiger partial charge is 0.343 e. The van der Waals surface area contributed by atoms with E-state index in [1.165, 1.54) is 0 Å². The van der Waals surface area contributed by atoms with Crippen molar-refractivity contribution in [3.8, 4) is 0 Å². The molecule has 1 aromatic carbocycles. The van der Waals surface area contributed by atoms with Crippen LogP contribution in [0.1, 0.15) is 32.3 Å². The summed E-state index contributed by atoms with van der Waals surface area (Å²) in [5.41, 5.74) is 6.96. The molecule has 5 heteroatoms. The number of amides is 2. The molecule has 2 amide bonds. The Labute approximate surface area is 131 Å². The van der Waals surface area contributed by atoms with Gasteiger partial charge in [0.25, 0.3) is 0 Å². The number of nitrogens with two attached hydrogens (primary N) is 1. The fourth-order valence-corrected chi connectivity index (χ4v) is 2.73. The quantitative estimate of drug-likeness (QED) is 0.831. The zero-order valence-electron chi connectivity index (χ0n) is 13.3. The van der Waals surface area contributed by atoms with Crippen molar-refractivity contribution >= 4 is 11.8 Å². The highest BCUT2D eigenvalue weighted by Crippen LogP contribution is 2.15. The fraction of sp³-hybridized carbons (Fsp3) is 0.529. The first-order chi connectivity index (χ1) is 10.5.